The third kappa shape index (κ3) is 5.82. The van der Waals surface area contributed by atoms with Crippen LogP contribution in [0.5, 0.6) is 11.5 Å². The largest absolute Gasteiger partial charge is 0.486 e. The SMILES string of the molecule is O=C(COc1ccc(N2CCCC2=O)cc1)OCc1csc(COc2ccc(F)cc2)n1. The van der Waals surface area contributed by atoms with Gasteiger partial charge in [-0.05, 0) is 55.0 Å². The Kier molecular flexibility index (Phi) is 6.96. The van der Waals surface area contributed by atoms with Crippen LogP contribution in [0.1, 0.15) is 23.5 Å². The number of nitrogens with zero attached hydrogens (tertiary/aromatic N) is 2. The van der Waals surface area contributed by atoms with E-state index in [1.54, 1.807) is 46.7 Å². The number of carbonyl (C=O) groups is 2. The first-order chi connectivity index (χ1) is 15.6. The molecule has 1 saturated heterocycles. The molecule has 4 rings (SSSR count). The Hall–Kier alpha value is -3.46. The van der Waals surface area contributed by atoms with Gasteiger partial charge in [-0.15, -0.1) is 11.3 Å². The Labute approximate surface area is 188 Å². The Bertz CT molecular complexity index is 1070. The van der Waals surface area contributed by atoms with Crippen molar-refractivity contribution in [3.63, 3.8) is 0 Å². The van der Waals surface area contributed by atoms with Gasteiger partial charge in [0.2, 0.25) is 5.91 Å². The molecule has 0 spiro atoms. The van der Waals surface area contributed by atoms with Gasteiger partial charge < -0.3 is 19.1 Å². The number of hydrogen-bond acceptors (Lipinski definition) is 7. The second-order valence-corrected chi connectivity index (χ2v) is 8.01. The number of ether oxygens (including phenoxy) is 3. The lowest BCUT2D eigenvalue weighted by atomic mass is 10.3. The Morgan fingerprint density at radius 2 is 1.75 bits per heavy atom. The molecule has 2 aromatic carbocycles. The Morgan fingerprint density at radius 1 is 1.03 bits per heavy atom. The van der Waals surface area contributed by atoms with E-state index in [2.05, 4.69) is 4.98 Å². The molecule has 1 aromatic heterocycles. The molecule has 32 heavy (non-hydrogen) atoms. The summed E-state index contributed by atoms with van der Waals surface area (Å²) in [6.45, 7) is 0.770. The van der Waals surface area contributed by atoms with Crippen LogP contribution >= 0.6 is 11.3 Å². The van der Waals surface area contributed by atoms with Gasteiger partial charge in [0.1, 0.15) is 35.5 Å². The summed E-state index contributed by atoms with van der Waals surface area (Å²) in [5.41, 5.74) is 1.44. The molecular weight excluding hydrogens is 435 g/mol. The third-order valence-corrected chi connectivity index (χ3v) is 5.61. The number of carbonyl (C=O) groups excluding carboxylic acids is 2. The van der Waals surface area contributed by atoms with Crippen molar-refractivity contribution in [2.75, 3.05) is 18.1 Å². The predicted octanol–water partition coefficient (Wildman–Crippen LogP) is 4.11. The van der Waals surface area contributed by atoms with E-state index in [0.29, 0.717) is 28.6 Å². The van der Waals surface area contributed by atoms with E-state index in [9.17, 15) is 14.0 Å². The van der Waals surface area contributed by atoms with Crippen LogP contribution in [0.15, 0.2) is 53.9 Å². The zero-order chi connectivity index (χ0) is 22.3. The third-order valence-electron chi connectivity index (χ3n) is 4.73. The summed E-state index contributed by atoms with van der Waals surface area (Å²) in [6.07, 6.45) is 1.44. The number of esters is 1. The van der Waals surface area contributed by atoms with Crippen LogP contribution in [0, 0.1) is 5.82 Å². The lowest BCUT2D eigenvalue weighted by Crippen LogP contribution is -2.23. The number of benzene rings is 2. The summed E-state index contributed by atoms with van der Waals surface area (Å²) in [4.78, 5) is 29.9. The highest BCUT2D eigenvalue weighted by Crippen LogP contribution is 2.24. The van der Waals surface area contributed by atoms with Gasteiger partial charge in [0.25, 0.3) is 0 Å². The fraction of sp³-hybridized carbons (Fsp3) is 0.261. The van der Waals surface area contributed by atoms with Gasteiger partial charge in [0.15, 0.2) is 6.61 Å². The lowest BCUT2D eigenvalue weighted by Gasteiger charge is -2.16. The summed E-state index contributed by atoms with van der Waals surface area (Å²) in [5.74, 6) is 0.351. The van der Waals surface area contributed by atoms with Gasteiger partial charge in [-0.2, -0.15) is 0 Å². The Balaban J connectivity index is 1.18. The quantitative estimate of drug-likeness (QED) is 0.451. The minimum atomic E-state index is -0.513. The minimum absolute atomic E-state index is 0.0330. The zero-order valence-corrected chi connectivity index (χ0v) is 18.0. The molecule has 7 nitrogen and oxygen atoms in total. The molecule has 0 saturated carbocycles. The van der Waals surface area contributed by atoms with Gasteiger partial charge in [0.05, 0.1) is 5.69 Å². The van der Waals surface area contributed by atoms with Crippen molar-refractivity contribution in [3.05, 3.63) is 70.4 Å². The Morgan fingerprint density at radius 3 is 2.47 bits per heavy atom. The normalized spacial score (nSPS) is 13.3. The lowest BCUT2D eigenvalue weighted by molar-refractivity contribution is -0.147. The van der Waals surface area contributed by atoms with E-state index >= 15 is 0 Å². The molecule has 2 heterocycles. The smallest absolute Gasteiger partial charge is 0.344 e. The van der Waals surface area contributed by atoms with E-state index in [-0.39, 0.29) is 31.5 Å². The molecule has 0 aliphatic carbocycles. The van der Waals surface area contributed by atoms with Crippen LogP contribution in [0.25, 0.3) is 0 Å². The van der Waals surface area contributed by atoms with Gasteiger partial charge in [0, 0.05) is 24.0 Å². The second-order valence-electron chi connectivity index (χ2n) is 7.07. The van der Waals surface area contributed by atoms with Gasteiger partial charge in [-0.1, -0.05) is 0 Å². The minimum Gasteiger partial charge on any atom is -0.486 e. The average Bonchev–Trinajstić information content (AvgIpc) is 3.45. The number of hydrogen-bond donors (Lipinski definition) is 0. The highest BCUT2D eigenvalue weighted by molar-refractivity contribution is 7.09. The molecular formula is C23H21FN2O5S. The number of anilines is 1. The van der Waals surface area contributed by atoms with Crippen molar-refractivity contribution in [3.8, 4) is 11.5 Å². The maximum atomic E-state index is 12.9. The van der Waals surface area contributed by atoms with E-state index in [0.717, 1.165) is 18.7 Å². The summed E-state index contributed by atoms with van der Waals surface area (Å²) in [7, 11) is 0. The number of thiazole rings is 1. The van der Waals surface area contributed by atoms with Crippen LogP contribution in [-0.4, -0.2) is 30.0 Å². The molecule has 0 bridgehead atoms. The summed E-state index contributed by atoms with van der Waals surface area (Å²) in [5, 5.41) is 2.50. The van der Waals surface area contributed by atoms with Gasteiger partial charge in [-0.3, -0.25) is 4.79 Å². The van der Waals surface area contributed by atoms with Crippen molar-refractivity contribution in [2.45, 2.75) is 26.1 Å². The van der Waals surface area contributed by atoms with Gasteiger partial charge >= 0.3 is 5.97 Å². The number of rotatable bonds is 9. The van der Waals surface area contributed by atoms with E-state index < -0.39 is 5.97 Å². The molecule has 1 fully saturated rings. The maximum absolute atomic E-state index is 12.9. The molecule has 0 atom stereocenters. The first-order valence-electron chi connectivity index (χ1n) is 10.1. The van der Waals surface area contributed by atoms with Crippen LogP contribution in [-0.2, 0) is 27.5 Å². The van der Waals surface area contributed by atoms with Crippen molar-refractivity contribution < 1.29 is 28.2 Å². The van der Waals surface area contributed by atoms with Crippen molar-refractivity contribution in [1.82, 2.24) is 4.98 Å². The van der Waals surface area contributed by atoms with Crippen LogP contribution in [0.3, 0.4) is 0 Å². The van der Waals surface area contributed by atoms with E-state index in [1.165, 1.54) is 23.5 Å². The topological polar surface area (TPSA) is 78.0 Å². The maximum Gasteiger partial charge on any atom is 0.344 e. The molecule has 166 valence electrons. The predicted molar refractivity (Wildman–Crippen MR) is 116 cm³/mol. The van der Waals surface area contributed by atoms with Crippen molar-refractivity contribution in [1.29, 1.82) is 0 Å². The number of amides is 1. The monoisotopic (exact) mass is 456 g/mol. The van der Waals surface area contributed by atoms with Crippen molar-refractivity contribution in [2.24, 2.45) is 0 Å². The number of halogens is 1. The standard InChI is InChI=1S/C23H21FN2O5S/c24-16-3-7-19(8-4-16)29-13-21-25-17(15-32-21)12-31-23(28)14-30-20-9-5-18(6-10-20)26-11-1-2-22(26)27/h3-10,15H,1-2,11-14H2. The van der Waals surface area contributed by atoms with Crippen LogP contribution < -0.4 is 14.4 Å². The van der Waals surface area contributed by atoms with E-state index in [1.807, 2.05) is 0 Å². The first-order valence-corrected chi connectivity index (χ1v) is 11.0. The molecule has 0 unspecified atom stereocenters. The molecule has 0 N–H and O–H groups in total. The first kappa shape index (κ1) is 21.8. The number of aromatic nitrogens is 1. The van der Waals surface area contributed by atoms with E-state index in [4.69, 9.17) is 14.2 Å². The fourth-order valence-corrected chi connectivity index (χ4v) is 3.83. The summed E-state index contributed by atoms with van der Waals surface area (Å²) >= 11 is 1.38. The highest BCUT2D eigenvalue weighted by Gasteiger charge is 2.21. The molecule has 3 aromatic rings. The molecule has 1 aliphatic rings. The molecule has 9 heteroatoms. The van der Waals surface area contributed by atoms with Crippen molar-refractivity contribution >= 4 is 28.9 Å². The summed E-state index contributed by atoms with van der Waals surface area (Å²) in [6, 6.07) is 12.8. The second kappa shape index (κ2) is 10.2. The highest BCUT2D eigenvalue weighted by atomic mass is 32.1. The zero-order valence-electron chi connectivity index (χ0n) is 17.2. The molecule has 0 radical (unpaired) electrons. The molecule has 1 aliphatic heterocycles. The summed E-state index contributed by atoms with van der Waals surface area (Å²) < 4.78 is 29.1. The average molecular weight is 456 g/mol. The van der Waals surface area contributed by atoms with Gasteiger partial charge in [-0.25, -0.2) is 14.2 Å². The molecule has 1 amide bonds. The van der Waals surface area contributed by atoms with Crippen LogP contribution in [0.2, 0.25) is 0 Å². The van der Waals surface area contributed by atoms with Crippen LogP contribution in [0.4, 0.5) is 10.1 Å². The fourth-order valence-electron chi connectivity index (χ4n) is 3.14.